The number of ketones is 1. The summed E-state index contributed by atoms with van der Waals surface area (Å²) in [6.07, 6.45) is 2.43. The summed E-state index contributed by atoms with van der Waals surface area (Å²) in [5.74, 6) is 0.303. The van der Waals surface area contributed by atoms with Crippen LogP contribution < -0.4 is 4.74 Å². The molecule has 6 heteroatoms. The second kappa shape index (κ2) is 6.41. The highest BCUT2D eigenvalue weighted by molar-refractivity contribution is 9.10. The maximum Gasteiger partial charge on any atom is 0.216 e. The number of hydrogen-bond donors (Lipinski definition) is 0. The molecular formula is C14H14BrClN2O2. The Kier molecular flexibility index (Phi) is 4.83. The average Bonchev–Trinajstić information content (AvgIpc) is 2.84. The van der Waals surface area contributed by atoms with Crippen molar-refractivity contribution in [3.63, 3.8) is 0 Å². The number of rotatable bonds is 5. The molecule has 0 amide bonds. The van der Waals surface area contributed by atoms with Crippen molar-refractivity contribution in [3.05, 3.63) is 45.1 Å². The molecule has 0 aliphatic carbocycles. The Balaban J connectivity index is 2.52. The zero-order valence-electron chi connectivity index (χ0n) is 11.2. The molecule has 0 saturated carbocycles. The lowest BCUT2D eigenvalue weighted by Crippen LogP contribution is -2.13. The summed E-state index contributed by atoms with van der Waals surface area (Å²) in [6, 6.07) is 5.11. The van der Waals surface area contributed by atoms with E-state index in [-0.39, 0.29) is 5.78 Å². The van der Waals surface area contributed by atoms with Crippen LogP contribution in [0.15, 0.2) is 28.9 Å². The predicted octanol–water partition coefficient (Wildman–Crippen LogP) is 3.95. The number of aryl methyl sites for hydroxylation is 1. The third-order valence-electron chi connectivity index (χ3n) is 2.85. The van der Waals surface area contributed by atoms with Crippen molar-refractivity contribution in [2.45, 2.75) is 19.9 Å². The van der Waals surface area contributed by atoms with Crippen LogP contribution in [0.5, 0.6) is 5.75 Å². The highest BCUT2D eigenvalue weighted by atomic mass is 79.9. The molecule has 1 aromatic heterocycles. The van der Waals surface area contributed by atoms with Gasteiger partial charge in [-0.2, -0.15) is 5.10 Å². The van der Waals surface area contributed by atoms with Gasteiger partial charge in [-0.1, -0.05) is 34.5 Å². The van der Waals surface area contributed by atoms with Gasteiger partial charge in [-0.3, -0.25) is 9.48 Å². The lowest BCUT2D eigenvalue weighted by atomic mass is 10.1. The Hall–Kier alpha value is -1.33. The number of aromatic nitrogens is 2. The fourth-order valence-electron chi connectivity index (χ4n) is 1.93. The largest absolute Gasteiger partial charge is 0.493 e. The first kappa shape index (κ1) is 15.1. The van der Waals surface area contributed by atoms with Crippen molar-refractivity contribution >= 4 is 33.3 Å². The van der Waals surface area contributed by atoms with Crippen molar-refractivity contribution in [1.82, 2.24) is 9.78 Å². The Labute approximate surface area is 130 Å². The molecule has 106 valence electrons. The first-order valence-corrected chi connectivity index (χ1v) is 7.35. The lowest BCUT2D eigenvalue weighted by molar-refractivity contribution is 0.102. The Morgan fingerprint density at radius 3 is 2.90 bits per heavy atom. The summed E-state index contributed by atoms with van der Waals surface area (Å²) in [5, 5.41) is 4.71. The molecule has 0 unspecified atom stereocenters. The maximum absolute atomic E-state index is 12.7. The van der Waals surface area contributed by atoms with E-state index in [0.717, 1.165) is 6.42 Å². The van der Waals surface area contributed by atoms with E-state index >= 15 is 0 Å². The van der Waals surface area contributed by atoms with E-state index in [0.29, 0.717) is 33.0 Å². The number of carbonyl (C=O) groups is 1. The number of carbonyl (C=O) groups excluding carboxylic acids is 1. The van der Waals surface area contributed by atoms with Gasteiger partial charge >= 0.3 is 0 Å². The van der Waals surface area contributed by atoms with Gasteiger partial charge in [0.2, 0.25) is 5.78 Å². The number of methoxy groups -OCH3 is 1. The third-order valence-corrected chi connectivity index (χ3v) is 3.78. The molecule has 1 heterocycles. The molecule has 4 nitrogen and oxygen atoms in total. The highest BCUT2D eigenvalue weighted by Gasteiger charge is 2.22. The van der Waals surface area contributed by atoms with Crippen LogP contribution in [0, 0.1) is 0 Å². The van der Waals surface area contributed by atoms with E-state index in [4.69, 9.17) is 16.3 Å². The van der Waals surface area contributed by atoms with Crippen LogP contribution in [0.25, 0.3) is 0 Å². The van der Waals surface area contributed by atoms with E-state index < -0.39 is 0 Å². The summed E-state index contributed by atoms with van der Waals surface area (Å²) in [6.45, 7) is 2.68. The summed E-state index contributed by atoms with van der Waals surface area (Å²) < 4.78 is 7.59. The lowest BCUT2D eigenvalue weighted by Gasteiger charge is -2.09. The fraction of sp³-hybridized carbons (Fsp3) is 0.286. The van der Waals surface area contributed by atoms with Crippen molar-refractivity contribution in [2.75, 3.05) is 7.11 Å². The quantitative estimate of drug-likeness (QED) is 0.761. The standard InChI is InChI=1S/C14H14BrClN2O2/c1-3-6-18-13(12(20-2)8-17-18)14(19)10-7-9(16)4-5-11(10)15/h4-5,7-8H,3,6H2,1-2H3. The number of halogens is 2. The van der Waals surface area contributed by atoms with Gasteiger partial charge in [-0.15, -0.1) is 0 Å². The molecule has 2 rings (SSSR count). The van der Waals surface area contributed by atoms with Crippen LogP contribution >= 0.6 is 27.5 Å². The molecule has 0 spiro atoms. The first-order chi connectivity index (χ1) is 9.58. The third kappa shape index (κ3) is 2.88. The minimum absolute atomic E-state index is 0.165. The van der Waals surface area contributed by atoms with E-state index in [1.54, 1.807) is 29.1 Å². The van der Waals surface area contributed by atoms with E-state index in [2.05, 4.69) is 21.0 Å². The topological polar surface area (TPSA) is 44.1 Å². The van der Waals surface area contributed by atoms with Crippen LogP contribution in [-0.4, -0.2) is 22.7 Å². The molecular weight excluding hydrogens is 344 g/mol. The van der Waals surface area contributed by atoms with E-state index in [1.165, 1.54) is 7.11 Å². The molecule has 0 atom stereocenters. The molecule has 1 aromatic carbocycles. The van der Waals surface area contributed by atoms with Crippen LogP contribution in [0.1, 0.15) is 29.4 Å². The van der Waals surface area contributed by atoms with Crippen LogP contribution in [-0.2, 0) is 6.54 Å². The van der Waals surface area contributed by atoms with Gasteiger partial charge in [0.05, 0.1) is 13.3 Å². The first-order valence-electron chi connectivity index (χ1n) is 6.18. The molecule has 0 radical (unpaired) electrons. The zero-order valence-corrected chi connectivity index (χ0v) is 13.5. The minimum Gasteiger partial charge on any atom is -0.493 e. The Morgan fingerprint density at radius 2 is 2.25 bits per heavy atom. The predicted molar refractivity (Wildman–Crippen MR) is 81.7 cm³/mol. The van der Waals surface area contributed by atoms with Gasteiger partial charge in [0.15, 0.2) is 11.4 Å². The van der Waals surface area contributed by atoms with Crippen molar-refractivity contribution in [3.8, 4) is 5.75 Å². The van der Waals surface area contributed by atoms with Gasteiger partial charge in [-0.05, 0) is 24.6 Å². The van der Waals surface area contributed by atoms with Crippen molar-refractivity contribution in [2.24, 2.45) is 0 Å². The van der Waals surface area contributed by atoms with Gasteiger partial charge in [0.1, 0.15) is 0 Å². The zero-order chi connectivity index (χ0) is 14.7. The molecule has 0 saturated heterocycles. The summed E-state index contributed by atoms with van der Waals surface area (Å²) in [5.41, 5.74) is 0.936. The summed E-state index contributed by atoms with van der Waals surface area (Å²) in [4.78, 5) is 12.7. The Bertz CT molecular complexity index is 640. The molecule has 2 aromatic rings. The number of ether oxygens (including phenoxy) is 1. The summed E-state index contributed by atoms with van der Waals surface area (Å²) in [7, 11) is 1.52. The minimum atomic E-state index is -0.165. The van der Waals surface area contributed by atoms with Crippen LogP contribution in [0.4, 0.5) is 0 Å². The molecule has 0 bridgehead atoms. The van der Waals surface area contributed by atoms with E-state index in [9.17, 15) is 4.79 Å². The number of nitrogens with zero attached hydrogens (tertiary/aromatic N) is 2. The second-order valence-electron chi connectivity index (χ2n) is 4.24. The van der Waals surface area contributed by atoms with E-state index in [1.807, 2.05) is 6.92 Å². The molecule has 0 N–H and O–H groups in total. The smallest absolute Gasteiger partial charge is 0.216 e. The molecule has 0 aliphatic rings. The average molecular weight is 358 g/mol. The molecule has 20 heavy (non-hydrogen) atoms. The van der Waals surface area contributed by atoms with Gasteiger partial charge in [0, 0.05) is 21.6 Å². The van der Waals surface area contributed by atoms with Crippen LogP contribution in [0.2, 0.25) is 5.02 Å². The van der Waals surface area contributed by atoms with Crippen LogP contribution in [0.3, 0.4) is 0 Å². The van der Waals surface area contributed by atoms with Gasteiger partial charge in [-0.25, -0.2) is 0 Å². The summed E-state index contributed by atoms with van der Waals surface area (Å²) >= 11 is 9.35. The SMILES string of the molecule is CCCn1ncc(OC)c1C(=O)c1cc(Cl)ccc1Br. The molecule has 0 fully saturated rings. The number of benzene rings is 1. The molecule has 0 aliphatic heterocycles. The monoisotopic (exact) mass is 356 g/mol. The van der Waals surface area contributed by atoms with Crippen molar-refractivity contribution in [1.29, 1.82) is 0 Å². The number of hydrogen-bond acceptors (Lipinski definition) is 3. The van der Waals surface area contributed by atoms with Gasteiger partial charge < -0.3 is 4.74 Å². The highest BCUT2D eigenvalue weighted by Crippen LogP contribution is 2.27. The normalized spacial score (nSPS) is 10.6. The fourth-order valence-corrected chi connectivity index (χ4v) is 2.53. The maximum atomic E-state index is 12.7. The van der Waals surface area contributed by atoms with Gasteiger partial charge in [0.25, 0.3) is 0 Å². The van der Waals surface area contributed by atoms with Crippen molar-refractivity contribution < 1.29 is 9.53 Å². The second-order valence-corrected chi connectivity index (χ2v) is 5.53. The Morgan fingerprint density at radius 1 is 1.50 bits per heavy atom.